The van der Waals surface area contributed by atoms with Crippen molar-refractivity contribution in [3.05, 3.63) is 39.9 Å². The van der Waals surface area contributed by atoms with Gasteiger partial charge in [-0.1, -0.05) is 0 Å². The van der Waals surface area contributed by atoms with E-state index in [4.69, 9.17) is 16.9 Å². The Kier molecular flexibility index (Phi) is 2.44. The van der Waals surface area contributed by atoms with Crippen LogP contribution in [-0.2, 0) is 0 Å². The monoisotopic (exact) mass is 222 g/mol. The largest absolute Gasteiger partial charge is 0.276 e. The maximum atomic E-state index is 8.84. The third-order valence-corrected chi connectivity index (χ3v) is 3.63. The molecule has 14 heavy (non-hydrogen) atoms. The summed E-state index contributed by atoms with van der Waals surface area (Å²) < 4.78 is 0. The first-order valence-electron chi connectivity index (χ1n) is 3.81. The number of thiophene rings is 1. The van der Waals surface area contributed by atoms with Gasteiger partial charge < -0.3 is 0 Å². The zero-order valence-electron chi connectivity index (χ0n) is 7.01. The Labute approximate surface area is 88.6 Å². The second kappa shape index (κ2) is 3.74. The number of hydrogen-bond acceptors (Lipinski definition) is 3. The summed E-state index contributed by atoms with van der Waals surface area (Å²) >= 11 is 5.67. The van der Waals surface area contributed by atoms with Crippen LogP contribution in [0.5, 0.6) is 0 Å². The molecule has 0 saturated heterocycles. The molecule has 0 spiro atoms. The van der Waals surface area contributed by atoms with Crippen molar-refractivity contribution < 1.29 is 0 Å². The molecule has 3 nitrogen and oxygen atoms in total. The topological polar surface area (TPSA) is 49.6 Å². The van der Waals surface area contributed by atoms with E-state index >= 15 is 0 Å². The highest BCUT2D eigenvalue weighted by atomic mass is 35.5. The Morgan fingerprint density at radius 1 is 1.43 bits per heavy atom. The minimum absolute atomic E-state index is 0.215. The zero-order valence-corrected chi connectivity index (χ0v) is 8.59. The van der Waals surface area contributed by atoms with Gasteiger partial charge in [0.15, 0.2) is 6.07 Å². The SMILES string of the molecule is N#Cc1ccc[s+]1-c1ccnc(Cl)n1. The number of nitrogens with zero attached hydrogens (tertiary/aromatic N) is 3. The van der Waals surface area contributed by atoms with E-state index in [0.29, 0.717) is 4.88 Å². The van der Waals surface area contributed by atoms with Crippen LogP contribution >= 0.6 is 22.1 Å². The van der Waals surface area contributed by atoms with Crippen molar-refractivity contribution in [2.45, 2.75) is 0 Å². The molecule has 0 fully saturated rings. The van der Waals surface area contributed by atoms with Gasteiger partial charge in [0.25, 0.3) is 9.90 Å². The van der Waals surface area contributed by atoms with Crippen molar-refractivity contribution in [2.24, 2.45) is 0 Å². The first-order valence-corrected chi connectivity index (χ1v) is 5.48. The lowest BCUT2D eigenvalue weighted by Gasteiger charge is -1.89. The summed E-state index contributed by atoms with van der Waals surface area (Å²) in [6.07, 6.45) is 1.60. The number of halogens is 1. The summed E-state index contributed by atoms with van der Waals surface area (Å²) in [5.74, 6) is 0. The summed E-state index contributed by atoms with van der Waals surface area (Å²) in [7, 11) is -0.355. The fourth-order valence-electron chi connectivity index (χ4n) is 1.06. The zero-order chi connectivity index (χ0) is 9.97. The molecule has 0 radical (unpaired) electrons. The number of rotatable bonds is 1. The molecule has 2 heterocycles. The maximum absolute atomic E-state index is 8.84. The van der Waals surface area contributed by atoms with Crippen LogP contribution in [0.1, 0.15) is 4.88 Å². The van der Waals surface area contributed by atoms with Gasteiger partial charge in [-0.3, -0.25) is 0 Å². The van der Waals surface area contributed by atoms with Crippen LogP contribution in [0.25, 0.3) is 5.03 Å². The van der Waals surface area contributed by atoms with Gasteiger partial charge in [0.2, 0.25) is 5.28 Å². The average molecular weight is 223 g/mol. The molecule has 0 aromatic carbocycles. The second-order valence-electron chi connectivity index (χ2n) is 2.47. The van der Waals surface area contributed by atoms with Gasteiger partial charge in [-0.05, 0) is 17.7 Å². The number of nitriles is 1. The van der Waals surface area contributed by atoms with Crippen LogP contribution in [0.15, 0.2) is 29.8 Å². The fraction of sp³-hybridized carbons (Fsp3) is 0. The van der Waals surface area contributed by atoms with Crippen LogP contribution in [0.4, 0.5) is 0 Å². The smallest absolute Gasteiger partial charge is 0.226 e. The van der Waals surface area contributed by atoms with Crippen LogP contribution in [-0.4, -0.2) is 9.97 Å². The molecule has 0 N–H and O–H groups in total. The highest BCUT2D eigenvalue weighted by Crippen LogP contribution is 2.32. The Balaban J connectivity index is 2.56. The van der Waals surface area contributed by atoms with Gasteiger partial charge in [0.05, 0.1) is 10.5 Å². The van der Waals surface area contributed by atoms with Crippen molar-refractivity contribution in [2.75, 3.05) is 0 Å². The predicted molar refractivity (Wildman–Crippen MR) is 55.6 cm³/mol. The molecule has 0 saturated carbocycles. The first-order chi connectivity index (χ1) is 6.81. The molecule has 0 bridgehead atoms. The summed E-state index contributed by atoms with van der Waals surface area (Å²) in [6.45, 7) is 0. The molecule has 2 rings (SSSR count). The van der Waals surface area contributed by atoms with E-state index in [1.165, 1.54) is 0 Å². The molecule has 2 aromatic heterocycles. The quantitative estimate of drug-likeness (QED) is 0.551. The van der Waals surface area contributed by atoms with Crippen molar-refractivity contribution in [1.82, 2.24) is 9.97 Å². The van der Waals surface area contributed by atoms with Crippen molar-refractivity contribution >= 4 is 22.1 Å². The molecule has 0 aliphatic carbocycles. The van der Waals surface area contributed by atoms with Gasteiger partial charge in [-0.2, -0.15) is 10.2 Å². The van der Waals surface area contributed by atoms with Crippen molar-refractivity contribution in [3.8, 4) is 11.1 Å². The van der Waals surface area contributed by atoms with E-state index in [2.05, 4.69) is 16.0 Å². The lowest BCUT2D eigenvalue weighted by Crippen LogP contribution is -1.82. The van der Waals surface area contributed by atoms with Gasteiger partial charge in [-0.15, -0.1) is 0 Å². The Hall–Kier alpha value is -1.44. The lowest BCUT2D eigenvalue weighted by atomic mass is 10.5. The van der Waals surface area contributed by atoms with Crippen molar-refractivity contribution in [1.29, 1.82) is 5.26 Å². The highest BCUT2D eigenvalue weighted by Gasteiger charge is 2.17. The molecule has 1 unspecified atom stereocenters. The second-order valence-corrected chi connectivity index (χ2v) is 4.62. The first kappa shape index (κ1) is 9.13. The van der Waals surface area contributed by atoms with Gasteiger partial charge >= 0.3 is 0 Å². The summed E-state index contributed by atoms with van der Waals surface area (Å²) in [5.41, 5.74) is 0. The highest BCUT2D eigenvalue weighted by molar-refractivity contribution is 7.38. The van der Waals surface area contributed by atoms with Crippen LogP contribution in [0.3, 0.4) is 0 Å². The lowest BCUT2D eigenvalue weighted by molar-refractivity contribution is 1.19. The fourth-order valence-corrected chi connectivity index (χ4v) is 2.72. The van der Waals surface area contributed by atoms with E-state index < -0.39 is 0 Å². The Morgan fingerprint density at radius 3 is 3.00 bits per heavy atom. The summed E-state index contributed by atoms with van der Waals surface area (Å²) in [5, 5.41) is 11.8. The summed E-state index contributed by atoms with van der Waals surface area (Å²) in [6, 6.07) is 7.56. The molecular formula is C9H5ClN3S+. The molecule has 2 aromatic rings. The minimum Gasteiger partial charge on any atom is -0.226 e. The molecule has 1 atom stereocenters. The van der Waals surface area contributed by atoms with Crippen LogP contribution in [0, 0.1) is 11.3 Å². The van der Waals surface area contributed by atoms with Crippen LogP contribution < -0.4 is 0 Å². The van der Waals surface area contributed by atoms with E-state index in [9.17, 15) is 0 Å². The van der Waals surface area contributed by atoms with Gasteiger partial charge in [0, 0.05) is 18.3 Å². The molecule has 0 aliphatic rings. The molecular weight excluding hydrogens is 218 g/mol. The minimum atomic E-state index is -0.355. The number of hydrogen-bond donors (Lipinski definition) is 0. The van der Waals surface area contributed by atoms with Crippen molar-refractivity contribution in [3.63, 3.8) is 0 Å². The van der Waals surface area contributed by atoms with E-state index in [0.717, 1.165) is 5.03 Å². The Morgan fingerprint density at radius 2 is 2.29 bits per heavy atom. The van der Waals surface area contributed by atoms with E-state index in [-0.39, 0.29) is 15.8 Å². The third-order valence-electron chi connectivity index (χ3n) is 1.64. The standard InChI is InChI=1S/C9H5ClN3S/c10-9-12-4-3-8(13-9)14-5-1-2-7(14)6-11/h1-5H/q+1. The Bertz CT molecular complexity index is 501. The average Bonchev–Trinajstić information content (AvgIpc) is 2.65. The van der Waals surface area contributed by atoms with E-state index in [1.54, 1.807) is 18.3 Å². The molecule has 68 valence electrons. The van der Waals surface area contributed by atoms with Gasteiger partial charge in [-0.25, -0.2) is 4.98 Å². The molecule has 5 heteroatoms. The maximum Gasteiger partial charge on any atom is 0.276 e. The predicted octanol–water partition coefficient (Wildman–Crippen LogP) is 2.74. The van der Waals surface area contributed by atoms with Gasteiger partial charge in [0.1, 0.15) is 5.38 Å². The third kappa shape index (κ3) is 1.60. The van der Waals surface area contributed by atoms with E-state index in [1.807, 2.05) is 11.4 Å². The normalized spacial score (nSPS) is 11.0. The van der Waals surface area contributed by atoms with Crippen LogP contribution in [0.2, 0.25) is 5.28 Å². The number of aromatic nitrogens is 2. The summed E-state index contributed by atoms with van der Waals surface area (Å²) in [4.78, 5) is 8.58. The molecule has 0 amide bonds. The molecule has 0 aliphatic heterocycles.